The molecule has 0 saturated carbocycles. The topological polar surface area (TPSA) is 79.8 Å². The minimum Gasteiger partial charge on any atom is -0.441 e. The molecule has 0 N–H and O–H groups in total. The van der Waals surface area contributed by atoms with Crippen molar-refractivity contribution in [2.75, 3.05) is 24.5 Å². The van der Waals surface area contributed by atoms with E-state index in [0.29, 0.717) is 60.9 Å². The number of carbonyl (C=O) groups excluding carboxylic acids is 3. The van der Waals surface area contributed by atoms with Crippen molar-refractivity contribution in [1.29, 1.82) is 0 Å². The predicted molar refractivity (Wildman–Crippen MR) is 132 cm³/mol. The van der Waals surface area contributed by atoms with Crippen LogP contribution in [0.2, 0.25) is 5.15 Å². The first-order valence-electron chi connectivity index (χ1n) is 11.7. The number of carbonyl (C=O) groups is 1. The van der Waals surface area contributed by atoms with Gasteiger partial charge in [0, 0.05) is 49.9 Å². The smallest absolute Gasteiger partial charge is 0.416 e. The Balaban J connectivity index is 0.00000107. The van der Waals surface area contributed by atoms with E-state index in [1.54, 1.807) is 23.2 Å². The van der Waals surface area contributed by atoms with Gasteiger partial charge in [0.05, 0.1) is 12.1 Å². The Morgan fingerprint density at radius 1 is 1.03 bits per heavy atom. The van der Waals surface area contributed by atoms with Crippen molar-refractivity contribution < 1.29 is 32.3 Å². The third kappa shape index (κ3) is 6.22. The van der Waals surface area contributed by atoms with E-state index in [-0.39, 0.29) is 12.2 Å². The summed E-state index contributed by atoms with van der Waals surface area (Å²) in [5, 5.41) is 0.319. The van der Waals surface area contributed by atoms with Crippen LogP contribution in [-0.4, -0.2) is 47.4 Å². The van der Waals surface area contributed by atoms with Crippen LogP contribution in [-0.2, 0) is 27.0 Å². The van der Waals surface area contributed by atoms with Crippen molar-refractivity contribution in [2.45, 2.75) is 31.2 Å². The Kier molecular flexibility index (Phi) is 8.16. The summed E-state index contributed by atoms with van der Waals surface area (Å²) in [6, 6.07) is 16.5. The zero-order valence-corrected chi connectivity index (χ0v) is 20.8. The number of alkyl halides is 3. The molecule has 0 aliphatic carbocycles. The molecule has 2 aromatic carbocycles. The molecule has 0 atom stereocenters. The fraction of sp³-hybridized carbons (Fsp3) is 0.296. The second-order valence-electron chi connectivity index (χ2n) is 9.07. The van der Waals surface area contributed by atoms with E-state index in [1.165, 1.54) is 12.1 Å². The van der Waals surface area contributed by atoms with E-state index in [1.807, 2.05) is 30.3 Å². The summed E-state index contributed by atoms with van der Waals surface area (Å²) in [5.74, 6) is 0. The minimum atomic E-state index is -4.43. The first kappa shape index (κ1) is 27.3. The standard InChI is InChI=1S/C26H23ClF3N3O2.CO2/c27-23-9-6-18(15-31-23)22-8-7-20(26(28,29)30)14-19(22)16-32-12-10-25(11-13-32)17-33(24(34)35-25)21-4-2-1-3-5-21;2-1-3/h1-9,14-15H,10-13,16-17H2;. The summed E-state index contributed by atoms with van der Waals surface area (Å²) < 4.78 is 46.2. The van der Waals surface area contributed by atoms with Gasteiger partial charge in [-0.1, -0.05) is 35.9 Å². The number of ether oxygens (including phenoxy) is 1. The molecule has 2 fully saturated rings. The van der Waals surface area contributed by atoms with E-state index in [0.717, 1.165) is 11.8 Å². The molecule has 2 saturated heterocycles. The fourth-order valence-electron chi connectivity index (χ4n) is 4.77. The van der Waals surface area contributed by atoms with Crippen LogP contribution in [0.5, 0.6) is 0 Å². The number of para-hydroxylation sites is 1. The number of pyridine rings is 1. The van der Waals surface area contributed by atoms with E-state index in [2.05, 4.69) is 9.88 Å². The lowest BCUT2D eigenvalue weighted by Crippen LogP contribution is -2.46. The molecule has 5 rings (SSSR count). The molecule has 2 aliphatic heterocycles. The molecule has 1 aromatic heterocycles. The number of aromatic nitrogens is 1. The lowest BCUT2D eigenvalue weighted by atomic mass is 9.90. The lowest BCUT2D eigenvalue weighted by molar-refractivity contribution is -0.191. The predicted octanol–water partition coefficient (Wildman–Crippen LogP) is 5.83. The number of benzene rings is 2. The van der Waals surface area contributed by atoms with E-state index in [9.17, 15) is 18.0 Å². The van der Waals surface area contributed by atoms with Crippen LogP contribution in [0.25, 0.3) is 11.1 Å². The Hall–Kier alpha value is -3.72. The molecule has 1 amide bonds. The second kappa shape index (κ2) is 11.3. The van der Waals surface area contributed by atoms with Gasteiger partial charge < -0.3 is 4.74 Å². The summed E-state index contributed by atoms with van der Waals surface area (Å²) >= 11 is 5.89. The van der Waals surface area contributed by atoms with Crippen molar-refractivity contribution in [3.05, 3.63) is 83.1 Å². The molecule has 2 aliphatic rings. The van der Waals surface area contributed by atoms with E-state index < -0.39 is 17.3 Å². The van der Waals surface area contributed by atoms with Gasteiger partial charge in [0.15, 0.2) is 0 Å². The van der Waals surface area contributed by atoms with E-state index in [4.69, 9.17) is 25.9 Å². The lowest BCUT2D eigenvalue weighted by Gasteiger charge is -2.37. The molecule has 3 aromatic rings. The normalized spacial score (nSPS) is 16.9. The maximum atomic E-state index is 13.5. The average molecular weight is 546 g/mol. The Bertz CT molecular complexity index is 1310. The SMILES string of the molecule is O=C1OC2(CCN(Cc3cc(C(F)(F)F)ccc3-c3ccc(Cl)nc3)CC2)CN1c1ccccc1.O=C=O. The van der Waals surface area contributed by atoms with Gasteiger partial charge in [-0.15, -0.1) is 0 Å². The molecular weight excluding hydrogens is 523 g/mol. The fourth-order valence-corrected chi connectivity index (χ4v) is 4.88. The number of likely N-dealkylation sites (tertiary alicyclic amines) is 1. The van der Waals surface area contributed by atoms with Gasteiger partial charge in [0.2, 0.25) is 0 Å². The van der Waals surface area contributed by atoms with Crippen molar-refractivity contribution in [3.63, 3.8) is 0 Å². The number of anilines is 1. The first-order chi connectivity index (χ1) is 18.1. The molecule has 3 heterocycles. The summed E-state index contributed by atoms with van der Waals surface area (Å²) in [4.78, 5) is 36.6. The van der Waals surface area contributed by atoms with E-state index >= 15 is 0 Å². The van der Waals surface area contributed by atoms with Crippen molar-refractivity contribution in [2.24, 2.45) is 0 Å². The van der Waals surface area contributed by atoms with Gasteiger partial charge >= 0.3 is 18.4 Å². The molecule has 38 heavy (non-hydrogen) atoms. The number of piperidine rings is 1. The van der Waals surface area contributed by atoms with Crippen molar-refractivity contribution in [1.82, 2.24) is 9.88 Å². The summed E-state index contributed by atoms with van der Waals surface area (Å²) in [7, 11) is 0. The van der Waals surface area contributed by atoms with Crippen molar-refractivity contribution in [3.8, 4) is 11.1 Å². The third-order valence-corrected chi connectivity index (χ3v) is 6.89. The zero-order valence-electron chi connectivity index (χ0n) is 20.1. The van der Waals surface area contributed by atoms with Crippen LogP contribution < -0.4 is 4.90 Å². The molecule has 11 heteroatoms. The van der Waals surface area contributed by atoms with Gasteiger partial charge in [0.1, 0.15) is 10.8 Å². The quantitative estimate of drug-likeness (QED) is 0.384. The molecule has 1 spiro atoms. The highest BCUT2D eigenvalue weighted by Crippen LogP contribution is 2.38. The van der Waals surface area contributed by atoms with Gasteiger partial charge in [-0.2, -0.15) is 22.8 Å². The monoisotopic (exact) mass is 545 g/mol. The minimum absolute atomic E-state index is 0.250. The molecule has 198 valence electrons. The van der Waals surface area contributed by atoms with Crippen LogP contribution >= 0.6 is 11.6 Å². The number of rotatable bonds is 4. The highest BCUT2D eigenvalue weighted by atomic mass is 35.5. The first-order valence-corrected chi connectivity index (χ1v) is 12.1. The summed E-state index contributed by atoms with van der Waals surface area (Å²) in [6.45, 7) is 2.01. The summed E-state index contributed by atoms with van der Waals surface area (Å²) in [6.07, 6.45) is -1.76. The summed E-state index contributed by atoms with van der Waals surface area (Å²) in [5.41, 5.74) is 1.48. The number of halogens is 4. The highest BCUT2D eigenvalue weighted by Gasteiger charge is 2.47. The van der Waals surface area contributed by atoms with Gasteiger partial charge in [-0.05, 0) is 47.5 Å². The third-order valence-electron chi connectivity index (χ3n) is 6.67. The van der Waals surface area contributed by atoms with Crippen LogP contribution in [0.3, 0.4) is 0 Å². The number of amides is 1. The van der Waals surface area contributed by atoms with Crippen LogP contribution in [0.1, 0.15) is 24.0 Å². The average Bonchev–Trinajstić information content (AvgIpc) is 3.22. The van der Waals surface area contributed by atoms with Gasteiger partial charge in [0.25, 0.3) is 0 Å². The largest absolute Gasteiger partial charge is 0.441 e. The number of nitrogens with zero attached hydrogens (tertiary/aromatic N) is 3. The molecule has 0 radical (unpaired) electrons. The van der Waals surface area contributed by atoms with Crippen LogP contribution in [0.15, 0.2) is 66.9 Å². The molecule has 0 bridgehead atoms. The van der Waals surface area contributed by atoms with Crippen LogP contribution in [0.4, 0.5) is 23.7 Å². The Morgan fingerprint density at radius 3 is 2.32 bits per heavy atom. The molecular formula is C27H23ClF3N3O4. The zero-order chi connectivity index (χ0) is 27.3. The van der Waals surface area contributed by atoms with Crippen LogP contribution in [0, 0.1) is 0 Å². The maximum absolute atomic E-state index is 13.5. The second-order valence-corrected chi connectivity index (χ2v) is 9.46. The molecule has 7 nitrogen and oxygen atoms in total. The Morgan fingerprint density at radius 2 is 1.71 bits per heavy atom. The molecule has 0 unspecified atom stereocenters. The maximum Gasteiger partial charge on any atom is 0.416 e. The van der Waals surface area contributed by atoms with Gasteiger partial charge in [-0.3, -0.25) is 9.80 Å². The van der Waals surface area contributed by atoms with Gasteiger partial charge in [-0.25, -0.2) is 9.78 Å². The number of hydrogen-bond acceptors (Lipinski definition) is 6. The van der Waals surface area contributed by atoms with Crippen molar-refractivity contribution >= 4 is 29.5 Å². The highest BCUT2D eigenvalue weighted by molar-refractivity contribution is 6.29. The Labute approximate surface area is 221 Å². The number of hydrogen-bond donors (Lipinski definition) is 0.